The molecule has 9 heteroatoms. The smallest absolute Gasteiger partial charge is 0.263 e. The Balaban J connectivity index is 1.88. The van der Waals surface area contributed by atoms with Crippen LogP contribution in [0.4, 0.5) is 14.5 Å². The number of anilines is 1. The molecule has 2 aromatic heterocycles. The fourth-order valence-electron chi connectivity index (χ4n) is 2.71. The van der Waals surface area contributed by atoms with Gasteiger partial charge in [0.15, 0.2) is 5.16 Å². The molecule has 0 aliphatic heterocycles. The highest BCUT2D eigenvalue weighted by atomic mass is 32.2. The molecule has 3 aromatic rings. The number of carbonyl (C=O) groups excluding carboxylic acids is 1. The quantitative estimate of drug-likeness (QED) is 0.485. The van der Waals surface area contributed by atoms with Gasteiger partial charge >= 0.3 is 0 Å². The van der Waals surface area contributed by atoms with Gasteiger partial charge in [0.2, 0.25) is 5.91 Å². The molecular weight excluding hydrogens is 404 g/mol. The summed E-state index contributed by atoms with van der Waals surface area (Å²) in [4.78, 5) is 31.6. The summed E-state index contributed by atoms with van der Waals surface area (Å²) in [5, 5.41) is 2.85. The van der Waals surface area contributed by atoms with E-state index in [1.54, 1.807) is 6.92 Å². The first kappa shape index (κ1) is 20.5. The van der Waals surface area contributed by atoms with Crippen LogP contribution in [0.5, 0.6) is 0 Å². The summed E-state index contributed by atoms with van der Waals surface area (Å²) in [6, 6.07) is 2.95. The number of halogens is 2. The van der Waals surface area contributed by atoms with Crippen molar-refractivity contribution in [1.29, 1.82) is 0 Å². The van der Waals surface area contributed by atoms with Crippen molar-refractivity contribution < 1.29 is 13.6 Å². The summed E-state index contributed by atoms with van der Waals surface area (Å²) >= 11 is 2.57. The standard InChI is InChI=1S/C19H19F2N3O2S2/c1-5-24-18(26)15-9(2)10(3)27-17(15)23-19(24)28-11(4)16(25)22-14-7-6-12(20)8-13(14)21/h6-8,11H,5H2,1-4H3,(H,22,25). The number of thiophene rings is 1. The molecule has 5 nitrogen and oxygen atoms in total. The number of thioether (sulfide) groups is 1. The molecular formula is C19H19F2N3O2S2. The molecule has 0 aliphatic carbocycles. The van der Waals surface area contributed by atoms with Gasteiger partial charge < -0.3 is 5.32 Å². The average molecular weight is 424 g/mol. The van der Waals surface area contributed by atoms with E-state index in [1.165, 1.54) is 22.0 Å². The summed E-state index contributed by atoms with van der Waals surface area (Å²) in [5.41, 5.74) is 0.697. The van der Waals surface area contributed by atoms with Gasteiger partial charge in [0, 0.05) is 17.5 Å². The Bertz CT molecular complexity index is 1120. The van der Waals surface area contributed by atoms with Crippen molar-refractivity contribution in [3.8, 4) is 0 Å². The Morgan fingerprint density at radius 2 is 2.07 bits per heavy atom. The van der Waals surface area contributed by atoms with Crippen LogP contribution in [0, 0.1) is 25.5 Å². The number of rotatable bonds is 5. The zero-order valence-corrected chi connectivity index (χ0v) is 17.4. The number of fused-ring (bicyclic) bond motifs is 1. The third-order valence-electron chi connectivity index (χ3n) is 4.41. The lowest BCUT2D eigenvalue weighted by molar-refractivity contribution is -0.115. The van der Waals surface area contributed by atoms with Crippen molar-refractivity contribution in [3.63, 3.8) is 0 Å². The normalized spacial score (nSPS) is 12.4. The minimum Gasteiger partial charge on any atom is -0.323 e. The fourth-order valence-corrected chi connectivity index (χ4v) is 4.76. The van der Waals surface area contributed by atoms with Crippen molar-refractivity contribution >= 4 is 44.9 Å². The molecule has 0 saturated heterocycles. The predicted octanol–water partition coefficient (Wildman–Crippen LogP) is 4.49. The highest BCUT2D eigenvalue weighted by molar-refractivity contribution is 8.00. The molecule has 2 heterocycles. The Hall–Kier alpha value is -2.26. The van der Waals surface area contributed by atoms with Crippen molar-refractivity contribution in [3.05, 3.63) is 50.6 Å². The van der Waals surface area contributed by atoms with Crippen LogP contribution < -0.4 is 10.9 Å². The third-order valence-corrected chi connectivity index (χ3v) is 6.60. The van der Waals surface area contributed by atoms with Gasteiger partial charge in [0.1, 0.15) is 16.5 Å². The molecule has 0 aliphatic rings. The zero-order chi connectivity index (χ0) is 20.6. The topological polar surface area (TPSA) is 64.0 Å². The number of carbonyl (C=O) groups is 1. The van der Waals surface area contributed by atoms with Crippen LogP contribution in [0.25, 0.3) is 10.2 Å². The van der Waals surface area contributed by atoms with E-state index in [-0.39, 0.29) is 11.2 Å². The van der Waals surface area contributed by atoms with E-state index in [1.807, 2.05) is 20.8 Å². The van der Waals surface area contributed by atoms with Crippen LogP contribution in [-0.2, 0) is 11.3 Å². The Morgan fingerprint density at radius 1 is 1.36 bits per heavy atom. The second-order valence-electron chi connectivity index (χ2n) is 6.28. The third kappa shape index (κ3) is 3.81. The van der Waals surface area contributed by atoms with Crippen LogP contribution in [0.1, 0.15) is 24.3 Å². The molecule has 0 spiro atoms. The van der Waals surface area contributed by atoms with Gasteiger partial charge in [0.05, 0.1) is 16.3 Å². The van der Waals surface area contributed by atoms with Crippen molar-refractivity contribution in [2.24, 2.45) is 0 Å². The SMILES string of the molecule is CCn1c(SC(C)C(=O)Nc2ccc(F)cc2F)nc2sc(C)c(C)c2c1=O. The van der Waals surface area contributed by atoms with Crippen LogP contribution in [0.3, 0.4) is 0 Å². The maximum absolute atomic E-state index is 13.8. The van der Waals surface area contributed by atoms with Crippen LogP contribution in [0.2, 0.25) is 0 Å². The van der Waals surface area contributed by atoms with Gasteiger partial charge in [-0.05, 0) is 45.4 Å². The summed E-state index contributed by atoms with van der Waals surface area (Å²) in [6.07, 6.45) is 0. The maximum Gasteiger partial charge on any atom is 0.263 e. The summed E-state index contributed by atoms with van der Waals surface area (Å²) < 4.78 is 28.3. The van der Waals surface area contributed by atoms with Crippen LogP contribution in [-0.4, -0.2) is 20.7 Å². The number of benzene rings is 1. The molecule has 0 fully saturated rings. The number of aromatic nitrogens is 2. The second kappa shape index (κ2) is 8.00. The molecule has 28 heavy (non-hydrogen) atoms. The van der Waals surface area contributed by atoms with Crippen molar-refractivity contribution in [1.82, 2.24) is 9.55 Å². The van der Waals surface area contributed by atoms with Gasteiger partial charge in [-0.15, -0.1) is 11.3 Å². The molecule has 1 N–H and O–H groups in total. The number of nitrogens with one attached hydrogen (secondary N) is 1. The number of amides is 1. The first-order valence-corrected chi connectivity index (χ1v) is 10.4. The second-order valence-corrected chi connectivity index (χ2v) is 8.79. The predicted molar refractivity (Wildman–Crippen MR) is 109 cm³/mol. The van der Waals surface area contributed by atoms with Gasteiger partial charge in [-0.3, -0.25) is 14.2 Å². The molecule has 1 atom stereocenters. The summed E-state index contributed by atoms with van der Waals surface area (Å²) in [6.45, 7) is 7.74. The molecule has 0 radical (unpaired) electrons. The lowest BCUT2D eigenvalue weighted by Crippen LogP contribution is -2.26. The summed E-state index contributed by atoms with van der Waals surface area (Å²) in [5.74, 6) is -2.03. The Morgan fingerprint density at radius 3 is 2.71 bits per heavy atom. The number of aryl methyl sites for hydroxylation is 2. The first-order valence-electron chi connectivity index (χ1n) is 8.66. The van der Waals surface area contributed by atoms with E-state index in [2.05, 4.69) is 10.3 Å². The van der Waals surface area contributed by atoms with Gasteiger partial charge in [-0.2, -0.15) is 0 Å². The van der Waals surface area contributed by atoms with Crippen LogP contribution in [0.15, 0.2) is 28.2 Å². The molecule has 0 bridgehead atoms. The lowest BCUT2D eigenvalue weighted by atomic mass is 10.2. The molecule has 0 saturated carbocycles. The van der Waals surface area contributed by atoms with Crippen molar-refractivity contribution in [2.45, 2.75) is 44.6 Å². The minimum atomic E-state index is -0.847. The average Bonchev–Trinajstić information content (AvgIpc) is 2.91. The number of hydrogen-bond acceptors (Lipinski definition) is 5. The summed E-state index contributed by atoms with van der Waals surface area (Å²) in [7, 11) is 0. The highest BCUT2D eigenvalue weighted by Gasteiger charge is 2.21. The monoisotopic (exact) mass is 423 g/mol. The van der Waals surface area contributed by atoms with Crippen molar-refractivity contribution in [2.75, 3.05) is 5.32 Å². The fraction of sp³-hybridized carbons (Fsp3) is 0.316. The molecule has 1 aromatic carbocycles. The Labute approximate surface area is 168 Å². The van der Waals surface area contributed by atoms with E-state index in [4.69, 9.17) is 0 Å². The van der Waals surface area contributed by atoms with Crippen LogP contribution >= 0.6 is 23.1 Å². The maximum atomic E-state index is 13.8. The molecule has 1 unspecified atom stereocenters. The highest BCUT2D eigenvalue weighted by Crippen LogP contribution is 2.30. The number of hydrogen-bond donors (Lipinski definition) is 1. The number of nitrogens with zero attached hydrogens (tertiary/aromatic N) is 2. The molecule has 1 amide bonds. The largest absolute Gasteiger partial charge is 0.323 e. The van der Waals surface area contributed by atoms with Gasteiger partial charge in [-0.25, -0.2) is 13.8 Å². The van der Waals surface area contributed by atoms with E-state index in [9.17, 15) is 18.4 Å². The van der Waals surface area contributed by atoms with E-state index < -0.39 is 22.8 Å². The Kier molecular flexibility index (Phi) is 5.85. The molecule has 3 rings (SSSR count). The first-order chi connectivity index (χ1) is 13.2. The molecule has 148 valence electrons. The van der Waals surface area contributed by atoms with E-state index in [0.29, 0.717) is 28.0 Å². The van der Waals surface area contributed by atoms with Gasteiger partial charge in [0.25, 0.3) is 5.56 Å². The zero-order valence-electron chi connectivity index (χ0n) is 15.8. The van der Waals surface area contributed by atoms with E-state index in [0.717, 1.165) is 28.3 Å². The minimum absolute atomic E-state index is 0.0975. The lowest BCUT2D eigenvalue weighted by Gasteiger charge is -2.15. The van der Waals surface area contributed by atoms with E-state index >= 15 is 0 Å². The van der Waals surface area contributed by atoms with Gasteiger partial charge in [-0.1, -0.05) is 11.8 Å².